The minimum atomic E-state index is -0.348. The Labute approximate surface area is 185 Å². The number of pyridine rings is 1. The lowest BCUT2D eigenvalue weighted by atomic mass is 10.2. The summed E-state index contributed by atoms with van der Waals surface area (Å²) in [5.74, 6) is 0.198. The first-order chi connectivity index (χ1) is 14.8. The normalized spacial score (nSPS) is 11.0. The molecule has 0 unspecified atom stereocenters. The molecule has 1 aromatic carbocycles. The van der Waals surface area contributed by atoms with E-state index in [-0.39, 0.29) is 16.6 Å². The molecule has 3 heterocycles. The van der Waals surface area contributed by atoms with Crippen molar-refractivity contribution in [3.8, 4) is 11.5 Å². The molecule has 0 aliphatic carbocycles. The summed E-state index contributed by atoms with van der Waals surface area (Å²) in [5, 5.41) is 12.3. The number of carbonyl (C=O) groups is 1. The molecule has 4 aromatic rings. The second-order valence-corrected chi connectivity index (χ2v) is 7.83. The van der Waals surface area contributed by atoms with Crippen LogP contribution in [0.3, 0.4) is 0 Å². The van der Waals surface area contributed by atoms with Gasteiger partial charge in [0, 0.05) is 23.5 Å². The van der Waals surface area contributed by atoms with Crippen molar-refractivity contribution in [2.45, 2.75) is 34.2 Å². The Balaban J connectivity index is 1.57. The molecule has 0 spiro atoms. The summed E-state index contributed by atoms with van der Waals surface area (Å²) in [4.78, 5) is 17.4. The quantitative estimate of drug-likeness (QED) is 0.508. The van der Waals surface area contributed by atoms with Crippen LogP contribution in [0.4, 0.5) is 0 Å². The number of aryl methyl sites for hydroxylation is 3. The van der Waals surface area contributed by atoms with Crippen LogP contribution in [-0.2, 0) is 6.54 Å². The SMILES string of the molecule is Cc1cc(C)n(-c2ccc(Cl)c(C(=O)NCc3c(C)nn(-c4ccccc4)c3C)n2)n1. The first-order valence-electron chi connectivity index (χ1n) is 9.94. The topological polar surface area (TPSA) is 77.6 Å². The molecular formula is C23H23ClN6O. The lowest BCUT2D eigenvalue weighted by Crippen LogP contribution is -2.25. The van der Waals surface area contributed by atoms with Crippen molar-refractivity contribution in [1.82, 2.24) is 29.9 Å². The number of benzene rings is 1. The van der Waals surface area contributed by atoms with Crippen molar-refractivity contribution in [2.75, 3.05) is 0 Å². The third-order valence-electron chi connectivity index (χ3n) is 5.14. The van der Waals surface area contributed by atoms with E-state index in [0.717, 1.165) is 34.0 Å². The van der Waals surface area contributed by atoms with Crippen LogP contribution in [0, 0.1) is 27.7 Å². The van der Waals surface area contributed by atoms with Gasteiger partial charge in [-0.25, -0.2) is 14.3 Å². The fraction of sp³-hybridized carbons (Fsp3) is 0.217. The molecule has 3 aromatic heterocycles. The summed E-state index contributed by atoms with van der Waals surface area (Å²) in [6.45, 7) is 8.09. The average molecular weight is 435 g/mol. The smallest absolute Gasteiger partial charge is 0.271 e. The highest BCUT2D eigenvalue weighted by molar-refractivity contribution is 6.33. The van der Waals surface area contributed by atoms with E-state index < -0.39 is 0 Å². The van der Waals surface area contributed by atoms with E-state index in [1.807, 2.05) is 68.8 Å². The lowest BCUT2D eigenvalue weighted by Gasteiger charge is -2.10. The van der Waals surface area contributed by atoms with Crippen LogP contribution >= 0.6 is 11.6 Å². The fourth-order valence-corrected chi connectivity index (χ4v) is 3.76. The van der Waals surface area contributed by atoms with Crippen molar-refractivity contribution < 1.29 is 4.79 Å². The van der Waals surface area contributed by atoms with Crippen molar-refractivity contribution >= 4 is 17.5 Å². The van der Waals surface area contributed by atoms with Crippen molar-refractivity contribution in [2.24, 2.45) is 0 Å². The van der Waals surface area contributed by atoms with Gasteiger partial charge in [0.2, 0.25) is 0 Å². The van der Waals surface area contributed by atoms with Gasteiger partial charge in [0.05, 0.1) is 22.1 Å². The fourth-order valence-electron chi connectivity index (χ4n) is 3.57. The Kier molecular flexibility index (Phi) is 5.61. The first-order valence-corrected chi connectivity index (χ1v) is 10.3. The molecule has 0 aliphatic rings. The van der Waals surface area contributed by atoms with Crippen LogP contribution in [-0.4, -0.2) is 30.5 Å². The first kappa shape index (κ1) is 20.8. The second kappa shape index (κ2) is 8.35. The van der Waals surface area contributed by atoms with E-state index in [1.54, 1.807) is 16.8 Å². The molecule has 0 atom stereocenters. The Morgan fingerprint density at radius 1 is 1.00 bits per heavy atom. The zero-order valence-corrected chi connectivity index (χ0v) is 18.6. The third kappa shape index (κ3) is 4.09. The van der Waals surface area contributed by atoms with E-state index in [9.17, 15) is 4.79 Å². The lowest BCUT2D eigenvalue weighted by molar-refractivity contribution is 0.0946. The maximum Gasteiger partial charge on any atom is 0.271 e. The largest absolute Gasteiger partial charge is 0.346 e. The van der Waals surface area contributed by atoms with Crippen LogP contribution in [0.1, 0.15) is 38.8 Å². The highest BCUT2D eigenvalue weighted by Crippen LogP contribution is 2.20. The number of aromatic nitrogens is 5. The Morgan fingerprint density at radius 2 is 1.74 bits per heavy atom. The van der Waals surface area contributed by atoms with Gasteiger partial charge >= 0.3 is 0 Å². The standard InChI is InChI=1S/C23H23ClN6O/c1-14-12-15(2)29(27-14)21-11-10-20(24)22(26-21)23(31)25-13-19-16(3)28-30(17(19)4)18-8-6-5-7-9-18/h5-12H,13H2,1-4H3,(H,25,31). The summed E-state index contributed by atoms with van der Waals surface area (Å²) in [5.41, 5.74) is 5.74. The zero-order chi connectivity index (χ0) is 22.1. The van der Waals surface area contributed by atoms with E-state index in [1.165, 1.54) is 0 Å². The monoisotopic (exact) mass is 434 g/mol. The van der Waals surface area contributed by atoms with E-state index >= 15 is 0 Å². The van der Waals surface area contributed by atoms with Crippen molar-refractivity contribution in [3.63, 3.8) is 0 Å². The molecule has 0 saturated heterocycles. The van der Waals surface area contributed by atoms with Gasteiger partial charge in [-0.3, -0.25) is 4.79 Å². The van der Waals surface area contributed by atoms with Gasteiger partial charge in [0.1, 0.15) is 5.69 Å². The number of para-hydroxylation sites is 1. The average Bonchev–Trinajstić information content (AvgIpc) is 3.24. The molecule has 8 heteroatoms. The highest BCUT2D eigenvalue weighted by atomic mass is 35.5. The van der Waals surface area contributed by atoms with Gasteiger partial charge in [-0.05, 0) is 58.0 Å². The van der Waals surface area contributed by atoms with Crippen molar-refractivity contribution in [3.05, 3.63) is 87.6 Å². The van der Waals surface area contributed by atoms with Gasteiger partial charge in [0.15, 0.2) is 5.82 Å². The summed E-state index contributed by atoms with van der Waals surface area (Å²) in [7, 11) is 0. The number of nitrogens with one attached hydrogen (secondary N) is 1. The zero-order valence-electron chi connectivity index (χ0n) is 17.8. The number of halogens is 1. The summed E-state index contributed by atoms with van der Waals surface area (Å²) >= 11 is 6.28. The number of carbonyl (C=O) groups excluding carboxylic acids is 1. The molecule has 4 rings (SSSR count). The molecule has 0 bridgehead atoms. The summed E-state index contributed by atoms with van der Waals surface area (Å²) in [6, 6.07) is 15.3. The summed E-state index contributed by atoms with van der Waals surface area (Å²) < 4.78 is 3.58. The second-order valence-electron chi connectivity index (χ2n) is 7.42. The van der Waals surface area contributed by atoms with E-state index in [4.69, 9.17) is 11.6 Å². The minimum absolute atomic E-state index is 0.164. The van der Waals surface area contributed by atoms with Gasteiger partial charge in [-0.2, -0.15) is 10.2 Å². The van der Waals surface area contributed by atoms with Gasteiger partial charge in [-0.1, -0.05) is 29.8 Å². The predicted molar refractivity (Wildman–Crippen MR) is 120 cm³/mol. The van der Waals surface area contributed by atoms with Crippen LogP contribution in [0.25, 0.3) is 11.5 Å². The number of rotatable bonds is 5. The van der Waals surface area contributed by atoms with Gasteiger partial charge in [0.25, 0.3) is 5.91 Å². The third-order valence-corrected chi connectivity index (χ3v) is 5.45. The Hall–Kier alpha value is -3.45. The molecule has 1 amide bonds. The predicted octanol–water partition coefficient (Wildman–Crippen LogP) is 4.27. The van der Waals surface area contributed by atoms with Gasteiger partial charge in [-0.15, -0.1) is 0 Å². The molecule has 7 nitrogen and oxygen atoms in total. The number of hydrogen-bond acceptors (Lipinski definition) is 4. The van der Waals surface area contributed by atoms with Gasteiger partial charge < -0.3 is 5.32 Å². The molecule has 0 fully saturated rings. The Morgan fingerprint density at radius 3 is 2.42 bits per heavy atom. The highest BCUT2D eigenvalue weighted by Gasteiger charge is 2.18. The Bertz CT molecular complexity index is 1260. The molecule has 31 heavy (non-hydrogen) atoms. The number of hydrogen-bond donors (Lipinski definition) is 1. The summed E-state index contributed by atoms with van der Waals surface area (Å²) in [6.07, 6.45) is 0. The molecule has 158 valence electrons. The molecule has 0 radical (unpaired) electrons. The van der Waals surface area contributed by atoms with Crippen molar-refractivity contribution in [1.29, 1.82) is 0 Å². The number of amides is 1. The maximum absolute atomic E-state index is 12.9. The van der Waals surface area contributed by atoms with Crippen LogP contribution in [0.15, 0.2) is 48.5 Å². The molecular weight excluding hydrogens is 412 g/mol. The van der Waals surface area contributed by atoms with E-state index in [0.29, 0.717) is 12.4 Å². The van der Waals surface area contributed by atoms with Crippen LogP contribution in [0.5, 0.6) is 0 Å². The minimum Gasteiger partial charge on any atom is -0.346 e. The van der Waals surface area contributed by atoms with E-state index in [2.05, 4.69) is 20.5 Å². The molecule has 1 N–H and O–H groups in total. The van der Waals surface area contributed by atoms with Crippen LogP contribution in [0.2, 0.25) is 5.02 Å². The maximum atomic E-state index is 12.9. The van der Waals surface area contributed by atoms with Crippen LogP contribution < -0.4 is 5.32 Å². The molecule has 0 aliphatic heterocycles. The number of nitrogens with zero attached hydrogens (tertiary/aromatic N) is 5. The molecule has 0 saturated carbocycles.